The molecule has 1 nitrogen and oxygen atoms in total. The van der Waals surface area contributed by atoms with Gasteiger partial charge in [-0.3, -0.25) is 0 Å². The minimum atomic E-state index is 0.522. The van der Waals surface area contributed by atoms with E-state index in [-0.39, 0.29) is 0 Å². The molecule has 0 aromatic heterocycles. The Balaban J connectivity index is 1.83. The zero-order valence-electron chi connectivity index (χ0n) is 10.8. The third-order valence-electron chi connectivity index (χ3n) is 4.72. The van der Waals surface area contributed by atoms with Crippen LogP contribution in [0.1, 0.15) is 44.1 Å². The molecule has 2 unspecified atom stereocenters. The standard InChI is InChI=1S/C16H23N/c1-16(11-13-7-8-13)9-10-17-12-15(16)14-5-3-2-4-6-14/h2-6,13,15,17H,7-12H2,1H3. The summed E-state index contributed by atoms with van der Waals surface area (Å²) < 4.78 is 0. The predicted octanol–water partition coefficient (Wildman–Crippen LogP) is 3.57. The molecule has 1 saturated carbocycles. The molecular weight excluding hydrogens is 206 g/mol. The van der Waals surface area contributed by atoms with E-state index in [1.165, 1.54) is 37.8 Å². The van der Waals surface area contributed by atoms with Crippen LogP contribution in [0.5, 0.6) is 0 Å². The van der Waals surface area contributed by atoms with Gasteiger partial charge in [0, 0.05) is 12.5 Å². The molecule has 1 aliphatic heterocycles. The Hall–Kier alpha value is -0.820. The van der Waals surface area contributed by atoms with Crippen molar-refractivity contribution in [2.75, 3.05) is 13.1 Å². The lowest BCUT2D eigenvalue weighted by atomic mass is 9.66. The first-order valence-corrected chi connectivity index (χ1v) is 7.04. The third kappa shape index (κ3) is 2.40. The van der Waals surface area contributed by atoms with E-state index in [2.05, 4.69) is 42.6 Å². The molecule has 0 amide bonds. The summed E-state index contributed by atoms with van der Waals surface area (Å²) >= 11 is 0. The zero-order valence-corrected chi connectivity index (χ0v) is 10.8. The van der Waals surface area contributed by atoms with Crippen molar-refractivity contribution in [2.24, 2.45) is 11.3 Å². The van der Waals surface area contributed by atoms with E-state index in [4.69, 9.17) is 0 Å². The quantitative estimate of drug-likeness (QED) is 0.835. The van der Waals surface area contributed by atoms with Gasteiger partial charge in [-0.1, -0.05) is 50.1 Å². The second-order valence-corrected chi connectivity index (χ2v) is 6.22. The molecule has 1 heterocycles. The van der Waals surface area contributed by atoms with Crippen molar-refractivity contribution >= 4 is 0 Å². The number of hydrogen-bond donors (Lipinski definition) is 1. The number of hydrogen-bond acceptors (Lipinski definition) is 1. The van der Waals surface area contributed by atoms with Crippen LogP contribution in [0.4, 0.5) is 0 Å². The molecule has 1 heteroatoms. The summed E-state index contributed by atoms with van der Waals surface area (Å²) in [6.07, 6.45) is 5.73. The summed E-state index contributed by atoms with van der Waals surface area (Å²) in [5, 5.41) is 3.58. The van der Waals surface area contributed by atoms with E-state index in [0.717, 1.165) is 12.5 Å². The van der Waals surface area contributed by atoms with Crippen molar-refractivity contribution in [1.82, 2.24) is 5.32 Å². The minimum Gasteiger partial charge on any atom is -0.316 e. The minimum absolute atomic E-state index is 0.522. The maximum atomic E-state index is 3.58. The Morgan fingerprint density at radius 1 is 1.24 bits per heavy atom. The Bertz CT molecular complexity index is 368. The summed E-state index contributed by atoms with van der Waals surface area (Å²) in [5.41, 5.74) is 2.05. The second-order valence-electron chi connectivity index (χ2n) is 6.22. The first-order valence-electron chi connectivity index (χ1n) is 7.04. The Kier molecular flexibility index (Phi) is 2.96. The highest BCUT2D eigenvalue weighted by molar-refractivity contribution is 5.23. The van der Waals surface area contributed by atoms with Crippen molar-refractivity contribution in [3.8, 4) is 0 Å². The van der Waals surface area contributed by atoms with Crippen molar-refractivity contribution in [3.63, 3.8) is 0 Å². The van der Waals surface area contributed by atoms with Crippen molar-refractivity contribution in [2.45, 2.75) is 38.5 Å². The number of nitrogens with one attached hydrogen (secondary N) is 1. The van der Waals surface area contributed by atoms with E-state index in [1.807, 2.05) is 0 Å². The summed E-state index contributed by atoms with van der Waals surface area (Å²) in [5.74, 6) is 1.74. The molecule has 1 aliphatic carbocycles. The van der Waals surface area contributed by atoms with Crippen LogP contribution >= 0.6 is 0 Å². The first-order chi connectivity index (χ1) is 8.28. The van der Waals surface area contributed by atoms with Gasteiger partial charge in [-0.05, 0) is 36.3 Å². The van der Waals surface area contributed by atoms with Crippen molar-refractivity contribution in [3.05, 3.63) is 35.9 Å². The fourth-order valence-corrected chi connectivity index (χ4v) is 3.47. The van der Waals surface area contributed by atoms with E-state index in [1.54, 1.807) is 0 Å². The molecule has 3 rings (SSSR count). The molecule has 2 fully saturated rings. The highest BCUT2D eigenvalue weighted by atomic mass is 14.9. The third-order valence-corrected chi connectivity index (χ3v) is 4.72. The zero-order chi connectivity index (χ0) is 11.7. The molecule has 2 atom stereocenters. The normalized spacial score (nSPS) is 33.6. The van der Waals surface area contributed by atoms with Crippen LogP contribution in [0.3, 0.4) is 0 Å². The highest BCUT2D eigenvalue weighted by Crippen LogP contribution is 2.50. The van der Waals surface area contributed by atoms with Gasteiger partial charge in [0.25, 0.3) is 0 Å². The summed E-state index contributed by atoms with van der Waals surface area (Å²) in [6.45, 7) is 4.88. The average Bonchev–Trinajstić information content (AvgIpc) is 3.14. The topological polar surface area (TPSA) is 12.0 Å². The molecule has 17 heavy (non-hydrogen) atoms. The molecule has 0 bridgehead atoms. The Morgan fingerprint density at radius 2 is 2.00 bits per heavy atom. The van der Waals surface area contributed by atoms with Crippen molar-refractivity contribution < 1.29 is 0 Å². The van der Waals surface area contributed by atoms with E-state index >= 15 is 0 Å². The van der Waals surface area contributed by atoms with E-state index in [0.29, 0.717) is 11.3 Å². The molecule has 1 aromatic rings. The first kappa shape index (κ1) is 11.3. The molecule has 0 radical (unpaired) electrons. The highest BCUT2D eigenvalue weighted by Gasteiger charge is 2.41. The van der Waals surface area contributed by atoms with E-state index in [9.17, 15) is 0 Å². The van der Waals surface area contributed by atoms with Gasteiger partial charge in [-0.15, -0.1) is 0 Å². The Morgan fingerprint density at radius 3 is 2.71 bits per heavy atom. The number of benzene rings is 1. The van der Waals surface area contributed by atoms with Crippen LogP contribution in [0.25, 0.3) is 0 Å². The second kappa shape index (κ2) is 4.45. The lowest BCUT2D eigenvalue weighted by Gasteiger charge is -2.42. The molecule has 92 valence electrons. The van der Waals surface area contributed by atoms with Gasteiger partial charge in [0.05, 0.1) is 0 Å². The monoisotopic (exact) mass is 229 g/mol. The number of piperidine rings is 1. The Labute approximate surface area is 105 Å². The fourth-order valence-electron chi connectivity index (χ4n) is 3.47. The van der Waals surface area contributed by atoms with Gasteiger partial charge in [-0.2, -0.15) is 0 Å². The van der Waals surface area contributed by atoms with Gasteiger partial charge in [0.1, 0.15) is 0 Å². The van der Waals surface area contributed by atoms with Gasteiger partial charge < -0.3 is 5.32 Å². The molecule has 1 saturated heterocycles. The molecular formula is C16H23N. The fraction of sp³-hybridized carbons (Fsp3) is 0.625. The van der Waals surface area contributed by atoms with Gasteiger partial charge in [-0.25, -0.2) is 0 Å². The van der Waals surface area contributed by atoms with Crippen LogP contribution in [-0.2, 0) is 0 Å². The van der Waals surface area contributed by atoms with Crippen LogP contribution in [0.2, 0.25) is 0 Å². The van der Waals surface area contributed by atoms with E-state index < -0.39 is 0 Å². The molecule has 0 spiro atoms. The predicted molar refractivity (Wildman–Crippen MR) is 72.1 cm³/mol. The molecule has 1 N–H and O–H groups in total. The average molecular weight is 229 g/mol. The van der Waals surface area contributed by atoms with Gasteiger partial charge >= 0.3 is 0 Å². The molecule has 2 aliphatic rings. The lowest BCUT2D eigenvalue weighted by molar-refractivity contribution is 0.163. The maximum absolute atomic E-state index is 3.58. The van der Waals surface area contributed by atoms with Crippen LogP contribution in [-0.4, -0.2) is 13.1 Å². The lowest BCUT2D eigenvalue weighted by Crippen LogP contribution is -2.42. The van der Waals surface area contributed by atoms with Crippen molar-refractivity contribution in [1.29, 1.82) is 0 Å². The smallest absolute Gasteiger partial charge is 0.00254 e. The SMILES string of the molecule is CC1(CC2CC2)CCNCC1c1ccccc1. The number of rotatable bonds is 3. The van der Waals surface area contributed by atoms with Gasteiger partial charge in [0.15, 0.2) is 0 Å². The van der Waals surface area contributed by atoms with Crippen LogP contribution in [0.15, 0.2) is 30.3 Å². The maximum Gasteiger partial charge on any atom is 0.00254 e. The summed E-state index contributed by atoms with van der Waals surface area (Å²) in [4.78, 5) is 0. The largest absolute Gasteiger partial charge is 0.316 e. The summed E-state index contributed by atoms with van der Waals surface area (Å²) in [7, 11) is 0. The van der Waals surface area contributed by atoms with Crippen LogP contribution < -0.4 is 5.32 Å². The van der Waals surface area contributed by atoms with Crippen LogP contribution in [0, 0.1) is 11.3 Å². The molecule has 1 aromatic carbocycles. The summed E-state index contributed by atoms with van der Waals surface area (Å²) in [6, 6.07) is 11.1. The van der Waals surface area contributed by atoms with Gasteiger partial charge in [0.2, 0.25) is 0 Å².